The van der Waals surface area contributed by atoms with Gasteiger partial charge < -0.3 is 15.2 Å². The zero-order chi connectivity index (χ0) is 18.4. The normalized spacial score (nSPS) is 21.7. The Bertz CT molecular complexity index is 619. The molecular formula is C19H28N2O4. The standard InChI is InChI=1S/C19H28N2O4/c1-4-15(14-8-6-7-9-16(14)25-5-2)20-17(22)12-21-11-10-19(3,13-21)18(23)24/h6-9,15H,4-5,10-13H2,1-3H3,(H,20,22)(H,23,24). The van der Waals surface area contributed by atoms with Gasteiger partial charge in [0, 0.05) is 12.1 Å². The van der Waals surface area contributed by atoms with E-state index in [4.69, 9.17) is 4.74 Å². The Kier molecular flexibility index (Phi) is 6.42. The number of hydrogen-bond acceptors (Lipinski definition) is 4. The molecule has 0 spiro atoms. The molecular weight excluding hydrogens is 320 g/mol. The van der Waals surface area contributed by atoms with Crippen LogP contribution in [-0.2, 0) is 9.59 Å². The van der Waals surface area contributed by atoms with Crippen molar-refractivity contribution < 1.29 is 19.4 Å². The van der Waals surface area contributed by atoms with Crippen LogP contribution in [0.1, 0.15) is 45.2 Å². The Hall–Kier alpha value is -2.08. The maximum absolute atomic E-state index is 12.5. The minimum absolute atomic E-state index is 0.0900. The van der Waals surface area contributed by atoms with Gasteiger partial charge in [-0.25, -0.2) is 0 Å². The molecule has 6 nitrogen and oxygen atoms in total. The van der Waals surface area contributed by atoms with Crippen molar-refractivity contribution in [3.8, 4) is 5.75 Å². The molecule has 0 saturated carbocycles. The lowest BCUT2D eigenvalue weighted by Gasteiger charge is -2.23. The third-order valence-corrected chi connectivity index (χ3v) is 4.77. The molecule has 0 radical (unpaired) electrons. The highest BCUT2D eigenvalue weighted by Crippen LogP contribution is 2.30. The Morgan fingerprint density at radius 2 is 2.08 bits per heavy atom. The van der Waals surface area contributed by atoms with Gasteiger partial charge in [0.1, 0.15) is 5.75 Å². The monoisotopic (exact) mass is 348 g/mol. The van der Waals surface area contributed by atoms with E-state index in [2.05, 4.69) is 5.32 Å². The lowest BCUT2D eigenvalue weighted by atomic mass is 9.90. The van der Waals surface area contributed by atoms with Crippen LogP contribution in [-0.4, -0.2) is 48.1 Å². The van der Waals surface area contributed by atoms with Gasteiger partial charge in [0.2, 0.25) is 5.91 Å². The van der Waals surface area contributed by atoms with Crippen molar-refractivity contribution in [1.82, 2.24) is 10.2 Å². The van der Waals surface area contributed by atoms with Gasteiger partial charge in [-0.3, -0.25) is 14.5 Å². The first-order valence-corrected chi connectivity index (χ1v) is 8.86. The minimum Gasteiger partial charge on any atom is -0.494 e. The maximum atomic E-state index is 12.5. The molecule has 1 fully saturated rings. The molecule has 1 amide bonds. The quantitative estimate of drug-likeness (QED) is 0.754. The molecule has 25 heavy (non-hydrogen) atoms. The fraction of sp³-hybridized carbons (Fsp3) is 0.579. The highest BCUT2D eigenvalue weighted by atomic mass is 16.5. The molecule has 0 aliphatic carbocycles. The summed E-state index contributed by atoms with van der Waals surface area (Å²) in [5.41, 5.74) is 0.212. The average Bonchev–Trinajstić information content (AvgIpc) is 2.96. The molecule has 2 unspecified atom stereocenters. The van der Waals surface area contributed by atoms with Crippen LogP contribution in [0.15, 0.2) is 24.3 Å². The fourth-order valence-corrected chi connectivity index (χ4v) is 3.26. The number of ether oxygens (including phenoxy) is 1. The number of aliphatic carboxylic acids is 1. The van der Waals surface area contributed by atoms with E-state index in [1.807, 2.05) is 43.0 Å². The number of benzene rings is 1. The predicted octanol–water partition coefficient (Wildman–Crippen LogP) is 2.45. The van der Waals surface area contributed by atoms with Gasteiger partial charge in [0.15, 0.2) is 0 Å². The van der Waals surface area contributed by atoms with Crippen LogP contribution < -0.4 is 10.1 Å². The summed E-state index contributed by atoms with van der Waals surface area (Å²) in [6, 6.07) is 7.61. The van der Waals surface area contributed by atoms with Crippen molar-refractivity contribution in [2.45, 2.75) is 39.7 Å². The topological polar surface area (TPSA) is 78.9 Å². The van der Waals surface area contributed by atoms with Gasteiger partial charge in [-0.2, -0.15) is 0 Å². The van der Waals surface area contributed by atoms with Gasteiger partial charge in [-0.05, 0) is 39.3 Å². The van der Waals surface area contributed by atoms with Crippen molar-refractivity contribution in [3.05, 3.63) is 29.8 Å². The molecule has 1 aromatic rings. The molecule has 1 aliphatic rings. The zero-order valence-electron chi connectivity index (χ0n) is 15.2. The number of nitrogens with one attached hydrogen (secondary N) is 1. The Morgan fingerprint density at radius 3 is 2.68 bits per heavy atom. The third-order valence-electron chi connectivity index (χ3n) is 4.77. The minimum atomic E-state index is -0.799. The summed E-state index contributed by atoms with van der Waals surface area (Å²) in [5.74, 6) is -0.1000. The molecule has 1 heterocycles. The first-order valence-electron chi connectivity index (χ1n) is 8.86. The number of carboxylic acid groups (broad SMARTS) is 1. The highest BCUT2D eigenvalue weighted by Gasteiger charge is 2.40. The van der Waals surface area contributed by atoms with Crippen molar-refractivity contribution >= 4 is 11.9 Å². The number of carbonyl (C=O) groups is 2. The number of carbonyl (C=O) groups excluding carboxylic acids is 1. The summed E-state index contributed by atoms with van der Waals surface area (Å²) >= 11 is 0. The Labute approximate surface area is 149 Å². The molecule has 6 heteroatoms. The SMILES string of the molecule is CCOc1ccccc1C(CC)NC(=O)CN1CCC(C)(C(=O)O)C1. The van der Waals surface area contributed by atoms with E-state index in [1.54, 1.807) is 6.92 Å². The lowest BCUT2D eigenvalue weighted by molar-refractivity contribution is -0.147. The molecule has 1 aromatic carbocycles. The second-order valence-electron chi connectivity index (χ2n) is 6.83. The first-order chi connectivity index (χ1) is 11.9. The zero-order valence-corrected chi connectivity index (χ0v) is 15.2. The smallest absolute Gasteiger partial charge is 0.310 e. The molecule has 0 bridgehead atoms. The molecule has 2 N–H and O–H groups in total. The van der Waals surface area contributed by atoms with Gasteiger partial charge in [-0.1, -0.05) is 25.1 Å². The van der Waals surface area contributed by atoms with Crippen molar-refractivity contribution in [2.75, 3.05) is 26.2 Å². The number of likely N-dealkylation sites (tertiary alicyclic amines) is 1. The molecule has 0 aromatic heterocycles. The van der Waals surface area contributed by atoms with Crippen LogP contribution in [0, 0.1) is 5.41 Å². The van der Waals surface area contributed by atoms with Crippen LogP contribution in [0.5, 0.6) is 5.75 Å². The average molecular weight is 348 g/mol. The fourth-order valence-electron chi connectivity index (χ4n) is 3.26. The van der Waals surface area contributed by atoms with Gasteiger partial charge in [0.25, 0.3) is 0 Å². The second-order valence-corrected chi connectivity index (χ2v) is 6.83. The summed E-state index contributed by atoms with van der Waals surface area (Å²) in [6.07, 6.45) is 1.32. The van der Waals surface area contributed by atoms with E-state index >= 15 is 0 Å². The van der Waals surface area contributed by atoms with Crippen molar-refractivity contribution in [3.63, 3.8) is 0 Å². The number of amides is 1. The third kappa shape index (κ3) is 4.72. The first kappa shape index (κ1) is 19.2. The molecule has 1 saturated heterocycles. The van der Waals surface area contributed by atoms with Crippen LogP contribution in [0.2, 0.25) is 0 Å². The summed E-state index contributed by atoms with van der Waals surface area (Å²) < 4.78 is 5.66. The summed E-state index contributed by atoms with van der Waals surface area (Å²) in [5, 5.41) is 12.4. The Balaban J connectivity index is 1.98. The maximum Gasteiger partial charge on any atom is 0.310 e. The van der Waals surface area contributed by atoms with Gasteiger partial charge in [0.05, 0.1) is 24.6 Å². The lowest BCUT2D eigenvalue weighted by Crippen LogP contribution is -2.39. The summed E-state index contributed by atoms with van der Waals surface area (Å²) in [4.78, 5) is 25.7. The number of hydrogen-bond donors (Lipinski definition) is 2. The van der Waals surface area contributed by atoms with E-state index in [9.17, 15) is 14.7 Å². The Morgan fingerprint density at radius 1 is 1.36 bits per heavy atom. The largest absolute Gasteiger partial charge is 0.494 e. The van der Waals surface area contributed by atoms with E-state index in [-0.39, 0.29) is 18.5 Å². The summed E-state index contributed by atoms with van der Waals surface area (Å²) in [6.45, 7) is 7.51. The van der Waals surface area contributed by atoms with Crippen LogP contribution in [0.3, 0.4) is 0 Å². The highest BCUT2D eigenvalue weighted by molar-refractivity contribution is 5.79. The van der Waals surface area contributed by atoms with Crippen LogP contribution >= 0.6 is 0 Å². The van der Waals surface area contributed by atoms with E-state index in [1.165, 1.54) is 0 Å². The number of carboxylic acids is 1. The summed E-state index contributed by atoms with van der Waals surface area (Å²) in [7, 11) is 0. The predicted molar refractivity (Wildman–Crippen MR) is 95.6 cm³/mol. The number of rotatable bonds is 8. The van der Waals surface area contributed by atoms with Gasteiger partial charge >= 0.3 is 5.97 Å². The van der Waals surface area contributed by atoms with Crippen molar-refractivity contribution in [1.29, 1.82) is 0 Å². The molecule has 2 atom stereocenters. The van der Waals surface area contributed by atoms with Gasteiger partial charge in [-0.15, -0.1) is 0 Å². The number of nitrogens with zero attached hydrogens (tertiary/aromatic N) is 1. The van der Waals surface area contributed by atoms with E-state index in [0.29, 0.717) is 26.1 Å². The van der Waals surface area contributed by atoms with Crippen LogP contribution in [0.25, 0.3) is 0 Å². The molecule has 138 valence electrons. The number of para-hydroxylation sites is 1. The van der Waals surface area contributed by atoms with Crippen molar-refractivity contribution in [2.24, 2.45) is 5.41 Å². The van der Waals surface area contributed by atoms with E-state index in [0.717, 1.165) is 17.7 Å². The van der Waals surface area contributed by atoms with E-state index < -0.39 is 11.4 Å². The molecule has 1 aliphatic heterocycles. The van der Waals surface area contributed by atoms with Crippen LogP contribution in [0.4, 0.5) is 0 Å². The second kappa shape index (κ2) is 8.34. The molecule has 2 rings (SSSR count).